The molecule has 4 aromatic rings. The minimum atomic E-state index is -0.542. The van der Waals surface area contributed by atoms with Gasteiger partial charge in [-0.1, -0.05) is 25.5 Å². The van der Waals surface area contributed by atoms with Crippen LogP contribution in [0.25, 0.3) is 16.7 Å². The summed E-state index contributed by atoms with van der Waals surface area (Å²) in [4.78, 5) is 27.7. The molecule has 1 aliphatic heterocycles. The number of nitro groups is 1. The first-order chi connectivity index (χ1) is 19.8. The van der Waals surface area contributed by atoms with Gasteiger partial charge in [-0.3, -0.25) is 20.2 Å². The van der Waals surface area contributed by atoms with Gasteiger partial charge in [0.15, 0.2) is 5.11 Å². The number of hydrogen-bond donors (Lipinski definition) is 2. The second kappa shape index (κ2) is 12.4. The van der Waals surface area contributed by atoms with Crippen LogP contribution >= 0.6 is 12.2 Å². The first kappa shape index (κ1) is 28.1. The third kappa shape index (κ3) is 6.50. The van der Waals surface area contributed by atoms with Crippen LogP contribution in [0.4, 0.5) is 17.1 Å². The summed E-state index contributed by atoms with van der Waals surface area (Å²) in [6.45, 7) is 6.25. The maximum atomic E-state index is 13.3. The second-order valence-corrected chi connectivity index (χ2v) is 10.3. The average Bonchev–Trinajstić information content (AvgIpc) is 3.39. The summed E-state index contributed by atoms with van der Waals surface area (Å²) in [6, 6.07) is 16.2. The van der Waals surface area contributed by atoms with Gasteiger partial charge in [0.25, 0.3) is 11.6 Å². The molecule has 11 nitrogen and oxygen atoms in total. The number of aromatic nitrogens is 3. The summed E-state index contributed by atoms with van der Waals surface area (Å²) in [5.74, 6) is -0.542. The molecule has 0 spiro atoms. The smallest absolute Gasteiger partial charge is 0.270 e. The van der Waals surface area contributed by atoms with E-state index in [1.165, 1.54) is 17.7 Å². The Morgan fingerprint density at radius 3 is 2.46 bits per heavy atom. The Morgan fingerprint density at radius 1 is 1.07 bits per heavy atom. The molecular formula is C29H31N7O4S. The highest BCUT2D eigenvalue weighted by Crippen LogP contribution is 2.27. The monoisotopic (exact) mass is 573 g/mol. The van der Waals surface area contributed by atoms with Crippen LogP contribution in [0.1, 0.15) is 41.3 Å². The zero-order chi connectivity index (χ0) is 28.9. The lowest BCUT2D eigenvalue weighted by molar-refractivity contribution is -0.384. The fourth-order valence-corrected chi connectivity index (χ4v) is 4.92. The van der Waals surface area contributed by atoms with E-state index >= 15 is 0 Å². The van der Waals surface area contributed by atoms with Crippen LogP contribution in [-0.2, 0) is 11.2 Å². The van der Waals surface area contributed by atoms with Gasteiger partial charge >= 0.3 is 0 Å². The molecule has 1 saturated heterocycles. The van der Waals surface area contributed by atoms with E-state index in [1.807, 2.05) is 36.1 Å². The van der Waals surface area contributed by atoms with Gasteiger partial charge in [0.1, 0.15) is 11.0 Å². The Kier molecular flexibility index (Phi) is 8.50. The zero-order valence-corrected chi connectivity index (χ0v) is 23.7. The lowest BCUT2D eigenvalue weighted by Gasteiger charge is -2.30. The number of nitro benzene ring substituents is 1. The number of carbonyl (C=O) groups is 1. The quantitative estimate of drug-likeness (QED) is 0.171. The number of hydrogen-bond acceptors (Lipinski definition) is 8. The molecular weight excluding hydrogens is 542 g/mol. The third-order valence-electron chi connectivity index (χ3n) is 6.98. The van der Waals surface area contributed by atoms with Crippen LogP contribution in [0, 0.1) is 17.0 Å². The number of unbranched alkanes of at least 4 members (excludes halogenated alkanes) is 1. The number of ether oxygens (including phenoxy) is 1. The molecule has 0 radical (unpaired) electrons. The van der Waals surface area contributed by atoms with Gasteiger partial charge in [0, 0.05) is 30.9 Å². The molecule has 1 aliphatic rings. The van der Waals surface area contributed by atoms with Gasteiger partial charge in [0.05, 0.1) is 35.1 Å². The molecule has 2 N–H and O–H groups in total. The number of rotatable bonds is 8. The summed E-state index contributed by atoms with van der Waals surface area (Å²) in [6.07, 6.45) is 3.35. The third-order valence-corrected chi connectivity index (χ3v) is 7.18. The van der Waals surface area contributed by atoms with E-state index in [0.717, 1.165) is 36.0 Å². The van der Waals surface area contributed by atoms with Crippen molar-refractivity contribution in [3.05, 3.63) is 81.4 Å². The molecule has 41 heavy (non-hydrogen) atoms. The highest BCUT2D eigenvalue weighted by molar-refractivity contribution is 7.80. The highest BCUT2D eigenvalue weighted by atomic mass is 32.1. The van der Waals surface area contributed by atoms with Crippen LogP contribution in [-0.4, -0.2) is 57.2 Å². The van der Waals surface area contributed by atoms with E-state index < -0.39 is 10.8 Å². The zero-order valence-electron chi connectivity index (χ0n) is 22.9. The molecule has 212 valence electrons. The standard InChI is InChI=1S/C29H31N7O4S/c1-3-4-5-20-6-8-21(9-7-20)35-32-25-16-19(2)24(18-26(25)33-35)30-29(41)31-28(37)23-17-22(36(38)39)10-11-27(23)34-12-14-40-15-13-34/h6-11,16-18H,3-5,12-15H2,1-2H3,(H2,30,31,37,41). The van der Waals surface area contributed by atoms with Crippen LogP contribution in [0.2, 0.25) is 0 Å². The van der Waals surface area contributed by atoms with Gasteiger partial charge in [-0.2, -0.15) is 4.80 Å². The Morgan fingerprint density at radius 2 is 1.78 bits per heavy atom. The number of thiocarbonyl (C=S) groups is 1. The van der Waals surface area contributed by atoms with Crippen molar-refractivity contribution in [2.24, 2.45) is 0 Å². The fourth-order valence-electron chi connectivity index (χ4n) is 4.72. The average molecular weight is 574 g/mol. The van der Waals surface area contributed by atoms with Gasteiger partial charge in [0.2, 0.25) is 0 Å². The number of nitrogens with zero attached hydrogens (tertiary/aromatic N) is 5. The fraction of sp³-hybridized carbons (Fsp3) is 0.310. The number of benzene rings is 3. The number of amides is 1. The molecule has 0 aliphatic carbocycles. The first-order valence-corrected chi connectivity index (χ1v) is 13.9. The van der Waals surface area contributed by atoms with E-state index in [4.69, 9.17) is 17.0 Å². The molecule has 3 aromatic carbocycles. The van der Waals surface area contributed by atoms with E-state index in [-0.39, 0.29) is 16.4 Å². The molecule has 2 heterocycles. The summed E-state index contributed by atoms with van der Waals surface area (Å²) >= 11 is 5.45. The second-order valence-electron chi connectivity index (χ2n) is 9.88. The topological polar surface area (TPSA) is 127 Å². The van der Waals surface area contributed by atoms with E-state index in [9.17, 15) is 14.9 Å². The van der Waals surface area contributed by atoms with Crippen molar-refractivity contribution >= 4 is 51.3 Å². The Labute approximate surface area is 242 Å². The minimum Gasteiger partial charge on any atom is -0.378 e. The maximum absolute atomic E-state index is 13.3. The maximum Gasteiger partial charge on any atom is 0.270 e. The number of fused-ring (bicyclic) bond motifs is 1. The lowest BCUT2D eigenvalue weighted by atomic mass is 10.1. The molecule has 0 saturated carbocycles. The van der Waals surface area contributed by atoms with E-state index in [0.29, 0.717) is 43.2 Å². The number of non-ortho nitro benzene ring substituents is 1. The summed E-state index contributed by atoms with van der Waals surface area (Å²) in [5.41, 5.74) is 5.65. The van der Waals surface area contributed by atoms with Crippen molar-refractivity contribution in [2.75, 3.05) is 36.5 Å². The van der Waals surface area contributed by atoms with Crippen molar-refractivity contribution in [1.29, 1.82) is 0 Å². The van der Waals surface area contributed by atoms with Crippen molar-refractivity contribution in [2.45, 2.75) is 33.1 Å². The number of morpholine rings is 1. The molecule has 0 unspecified atom stereocenters. The normalized spacial score (nSPS) is 13.3. The number of anilines is 2. The minimum absolute atomic E-state index is 0.0620. The Hall–Kier alpha value is -4.42. The SMILES string of the molecule is CCCCc1ccc(-n2nc3cc(C)c(NC(=S)NC(=O)c4cc([N+](=O)[O-])ccc4N4CCOCC4)cc3n2)cc1. The van der Waals surface area contributed by atoms with Gasteiger partial charge in [-0.25, -0.2) is 0 Å². The molecule has 5 rings (SSSR count). The van der Waals surface area contributed by atoms with Gasteiger partial charge in [-0.05, 0) is 73.4 Å². The molecule has 0 atom stereocenters. The molecule has 1 aromatic heterocycles. The highest BCUT2D eigenvalue weighted by Gasteiger charge is 2.23. The predicted octanol–water partition coefficient (Wildman–Crippen LogP) is 4.94. The first-order valence-electron chi connectivity index (χ1n) is 13.5. The Bertz CT molecular complexity index is 1600. The molecule has 1 amide bonds. The van der Waals surface area contributed by atoms with E-state index in [2.05, 4.69) is 39.9 Å². The largest absolute Gasteiger partial charge is 0.378 e. The summed E-state index contributed by atoms with van der Waals surface area (Å²) in [7, 11) is 0. The molecule has 12 heteroatoms. The molecule has 0 bridgehead atoms. The van der Waals surface area contributed by atoms with E-state index in [1.54, 1.807) is 10.9 Å². The van der Waals surface area contributed by atoms with Gasteiger partial charge in [-0.15, -0.1) is 10.2 Å². The predicted molar refractivity (Wildman–Crippen MR) is 162 cm³/mol. The van der Waals surface area contributed by atoms with Crippen LogP contribution in [0.3, 0.4) is 0 Å². The number of nitrogens with one attached hydrogen (secondary N) is 2. The van der Waals surface area contributed by atoms with Crippen LogP contribution in [0.5, 0.6) is 0 Å². The van der Waals surface area contributed by atoms with Gasteiger partial charge < -0.3 is 15.0 Å². The lowest BCUT2D eigenvalue weighted by Crippen LogP contribution is -2.39. The number of aryl methyl sites for hydroxylation is 2. The number of carbonyl (C=O) groups excluding carboxylic acids is 1. The van der Waals surface area contributed by atoms with Crippen molar-refractivity contribution in [3.8, 4) is 5.69 Å². The van der Waals surface area contributed by atoms with Crippen LogP contribution < -0.4 is 15.5 Å². The molecule has 1 fully saturated rings. The van der Waals surface area contributed by atoms with Crippen molar-refractivity contribution in [3.63, 3.8) is 0 Å². The van der Waals surface area contributed by atoms with Crippen molar-refractivity contribution < 1.29 is 14.5 Å². The van der Waals surface area contributed by atoms with Crippen LogP contribution in [0.15, 0.2) is 54.6 Å². The van der Waals surface area contributed by atoms with Crippen molar-refractivity contribution in [1.82, 2.24) is 20.3 Å². The Balaban J connectivity index is 1.32. The summed E-state index contributed by atoms with van der Waals surface area (Å²) < 4.78 is 5.41. The summed E-state index contributed by atoms with van der Waals surface area (Å²) in [5, 5.41) is 26.5.